The summed E-state index contributed by atoms with van der Waals surface area (Å²) in [5, 5.41) is 0. The zero-order valence-electron chi connectivity index (χ0n) is 18.2. The second-order valence-corrected chi connectivity index (χ2v) is 8.24. The van der Waals surface area contributed by atoms with Crippen molar-refractivity contribution in [1.82, 2.24) is 5.73 Å². The van der Waals surface area contributed by atoms with E-state index in [1.54, 1.807) is 0 Å². The molecule has 0 amide bonds. The van der Waals surface area contributed by atoms with E-state index >= 15 is 0 Å². The van der Waals surface area contributed by atoms with Crippen molar-refractivity contribution < 1.29 is 0 Å². The number of unbranched alkanes of at least 4 members (excludes halogenated alkanes) is 21. The van der Waals surface area contributed by atoms with Gasteiger partial charge in [0.25, 0.3) is 0 Å². The van der Waals surface area contributed by atoms with Crippen LogP contribution in [-0.4, -0.2) is 0 Å². The molecule has 0 aromatic heterocycles. The molecule has 0 unspecified atom stereocenters. The van der Waals surface area contributed by atoms with E-state index in [9.17, 15) is 0 Å². The Morgan fingerprint density at radius 3 is 0.962 bits per heavy atom. The fourth-order valence-electron chi connectivity index (χ4n) is 3.77. The summed E-state index contributed by atoms with van der Waals surface area (Å²) >= 11 is 0. The zero-order chi connectivity index (χ0) is 19.0. The maximum Gasteiger partial charge on any atom is 0.0455 e. The highest BCUT2D eigenvalue weighted by Crippen LogP contribution is 2.15. The lowest BCUT2D eigenvalue weighted by molar-refractivity contribution is 0.520. The van der Waals surface area contributed by atoms with Gasteiger partial charge in [0.1, 0.15) is 0 Å². The molecule has 0 N–H and O–H groups in total. The normalized spacial score (nSPS) is 11.6. The molecule has 1 heteroatoms. The second-order valence-electron chi connectivity index (χ2n) is 8.24. The van der Waals surface area contributed by atoms with Crippen LogP contribution < -0.4 is 5.73 Å². The molecule has 0 aliphatic carbocycles. The third-order valence-electron chi connectivity index (χ3n) is 5.58. The number of hydrogen-bond donors (Lipinski definition) is 0. The summed E-state index contributed by atoms with van der Waals surface area (Å²) in [7, 11) is 0. The molecule has 0 atom stereocenters. The molecule has 2 radical (unpaired) electrons. The highest BCUT2D eigenvalue weighted by molar-refractivity contribution is 4.74. The SMILES string of the molecule is CCCCCCCCCCCCCCCCCCCCCCC/C=C/[N]. The monoisotopic (exact) mass is 363 g/mol. The van der Waals surface area contributed by atoms with Crippen LogP contribution in [0.3, 0.4) is 0 Å². The first-order chi connectivity index (χ1) is 12.9. The van der Waals surface area contributed by atoms with Gasteiger partial charge in [-0.15, -0.1) is 0 Å². The Morgan fingerprint density at radius 1 is 0.423 bits per heavy atom. The highest BCUT2D eigenvalue weighted by Gasteiger charge is 1.95. The van der Waals surface area contributed by atoms with E-state index in [1.807, 2.05) is 6.08 Å². The lowest BCUT2D eigenvalue weighted by Gasteiger charge is -2.04. The van der Waals surface area contributed by atoms with Gasteiger partial charge >= 0.3 is 0 Å². The molecule has 154 valence electrons. The molecule has 0 bridgehead atoms. The van der Waals surface area contributed by atoms with Gasteiger partial charge in [0, 0.05) is 6.20 Å². The van der Waals surface area contributed by atoms with Crippen molar-refractivity contribution in [2.45, 2.75) is 148 Å². The summed E-state index contributed by atoms with van der Waals surface area (Å²) in [6, 6.07) is 0. The van der Waals surface area contributed by atoms with Gasteiger partial charge in [-0.2, -0.15) is 5.73 Å². The van der Waals surface area contributed by atoms with Gasteiger partial charge in [-0.1, -0.05) is 141 Å². The summed E-state index contributed by atoms with van der Waals surface area (Å²) in [5.74, 6) is 0. The van der Waals surface area contributed by atoms with Crippen LogP contribution in [0.1, 0.15) is 148 Å². The Balaban J connectivity index is 2.97. The van der Waals surface area contributed by atoms with Gasteiger partial charge in [0.05, 0.1) is 0 Å². The molecule has 0 heterocycles. The van der Waals surface area contributed by atoms with Crippen molar-refractivity contribution in [3.05, 3.63) is 12.3 Å². The summed E-state index contributed by atoms with van der Waals surface area (Å²) in [5.41, 5.74) is 8.55. The smallest absolute Gasteiger partial charge is 0.0455 e. The Hall–Kier alpha value is -0.460. The maximum absolute atomic E-state index is 8.55. The lowest BCUT2D eigenvalue weighted by atomic mass is 10.0. The molecule has 0 aromatic carbocycles. The van der Waals surface area contributed by atoms with Crippen LogP contribution in [0.5, 0.6) is 0 Å². The Bertz CT molecular complexity index is 259. The minimum atomic E-state index is 1.04. The summed E-state index contributed by atoms with van der Waals surface area (Å²) in [6.45, 7) is 2.30. The van der Waals surface area contributed by atoms with E-state index in [2.05, 4.69) is 6.92 Å². The third-order valence-corrected chi connectivity index (χ3v) is 5.58. The molecule has 0 aliphatic heterocycles. The number of nitrogens with zero attached hydrogens (tertiary/aromatic N) is 1. The van der Waals surface area contributed by atoms with Crippen molar-refractivity contribution in [2.75, 3.05) is 0 Å². The first-order valence-corrected chi connectivity index (χ1v) is 12.2. The van der Waals surface area contributed by atoms with Gasteiger partial charge in [-0.25, -0.2) is 0 Å². The maximum atomic E-state index is 8.55. The van der Waals surface area contributed by atoms with Gasteiger partial charge in [-0.05, 0) is 12.8 Å². The Kier molecular flexibility index (Phi) is 24.1. The first-order valence-electron chi connectivity index (χ1n) is 12.2. The number of rotatable bonds is 22. The molecule has 1 nitrogen and oxygen atoms in total. The molecule has 0 aromatic rings. The van der Waals surface area contributed by atoms with Crippen LogP contribution in [0.4, 0.5) is 0 Å². The number of allylic oxidation sites excluding steroid dienone is 1. The fraction of sp³-hybridized carbons (Fsp3) is 0.920. The van der Waals surface area contributed by atoms with Crippen LogP contribution >= 0.6 is 0 Å². The molecule has 0 spiro atoms. The van der Waals surface area contributed by atoms with Gasteiger partial charge < -0.3 is 0 Å². The molecular formula is C25H49N. The van der Waals surface area contributed by atoms with Crippen LogP contribution in [0.25, 0.3) is 0 Å². The molecular weight excluding hydrogens is 314 g/mol. The highest BCUT2D eigenvalue weighted by atomic mass is 14.5. The van der Waals surface area contributed by atoms with Gasteiger partial charge in [0.15, 0.2) is 0 Å². The topological polar surface area (TPSA) is 22.3 Å². The minimum Gasteiger partial charge on any atom is -0.160 e. The molecule has 0 saturated heterocycles. The van der Waals surface area contributed by atoms with Crippen LogP contribution in [0, 0.1) is 0 Å². The van der Waals surface area contributed by atoms with Gasteiger partial charge in [0.2, 0.25) is 0 Å². The van der Waals surface area contributed by atoms with E-state index < -0.39 is 0 Å². The predicted molar refractivity (Wildman–Crippen MR) is 119 cm³/mol. The molecule has 0 fully saturated rings. The quantitative estimate of drug-likeness (QED) is 0.171. The van der Waals surface area contributed by atoms with Crippen LogP contribution in [-0.2, 0) is 0 Å². The average molecular weight is 364 g/mol. The van der Waals surface area contributed by atoms with E-state index in [0.29, 0.717) is 0 Å². The average Bonchev–Trinajstić information content (AvgIpc) is 2.66. The van der Waals surface area contributed by atoms with E-state index in [4.69, 9.17) is 5.73 Å². The zero-order valence-corrected chi connectivity index (χ0v) is 18.2. The number of hydrogen-bond acceptors (Lipinski definition) is 0. The Labute approximate surface area is 166 Å². The predicted octanol–water partition coefficient (Wildman–Crippen LogP) is 9.17. The lowest BCUT2D eigenvalue weighted by Crippen LogP contribution is -1.84. The summed E-state index contributed by atoms with van der Waals surface area (Å²) in [6.07, 6.45) is 34.2. The van der Waals surface area contributed by atoms with E-state index in [0.717, 1.165) is 6.42 Å². The minimum absolute atomic E-state index is 1.04. The van der Waals surface area contributed by atoms with Crippen molar-refractivity contribution in [3.63, 3.8) is 0 Å². The molecule has 26 heavy (non-hydrogen) atoms. The van der Waals surface area contributed by atoms with Crippen molar-refractivity contribution in [3.8, 4) is 0 Å². The van der Waals surface area contributed by atoms with Crippen molar-refractivity contribution >= 4 is 0 Å². The van der Waals surface area contributed by atoms with Gasteiger partial charge in [-0.3, -0.25) is 0 Å². The molecule has 0 saturated carbocycles. The molecule has 0 aliphatic rings. The van der Waals surface area contributed by atoms with E-state index in [1.165, 1.54) is 141 Å². The van der Waals surface area contributed by atoms with Crippen molar-refractivity contribution in [2.24, 2.45) is 0 Å². The van der Waals surface area contributed by atoms with Crippen LogP contribution in [0.2, 0.25) is 0 Å². The summed E-state index contributed by atoms with van der Waals surface area (Å²) in [4.78, 5) is 0. The van der Waals surface area contributed by atoms with Crippen LogP contribution in [0.15, 0.2) is 12.3 Å². The van der Waals surface area contributed by atoms with Crippen molar-refractivity contribution in [1.29, 1.82) is 0 Å². The fourth-order valence-corrected chi connectivity index (χ4v) is 3.77. The molecule has 0 rings (SSSR count). The first kappa shape index (κ1) is 25.5. The standard InChI is InChI=1S/C25H49N/c1-2-3-4-5-6-7-8-9-10-11-12-13-14-15-16-17-18-19-20-21-22-23-24-25-26/h24-25H,2-23H2,1H3/b25-24+. The van der Waals surface area contributed by atoms with E-state index in [-0.39, 0.29) is 0 Å². The Morgan fingerprint density at radius 2 is 0.692 bits per heavy atom. The largest absolute Gasteiger partial charge is 0.160 e. The summed E-state index contributed by atoms with van der Waals surface area (Å²) < 4.78 is 0. The second kappa shape index (κ2) is 24.5. The third kappa shape index (κ3) is 23.5.